The van der Waals surface area contributed by atoms with Gasteiger partial charge in [-0.15, -0.1) is 0 Å². The van der Waals surface area contributed by atoms with Crippen LogP contribution in [0.15, 0.2) is 72.9 Å². The third-order valence-corrected chi connectivity index (χ3v) is 9.47. The van der Waals surface area contributed by atoms with Crippen LogP contribution in [0.3, 0.4) is 0 Å². The number of ether oxygens (including phenoxy) is 3. The Bertz CT molecular complexity index is 1180. The fourth-order valence-corrected chi connectivity index (χ4v) is 6.08. The Labute approximate surface area is 326 Å². The minimum absolute atomic E-state index is 0.0339. The molecule has 0 radical (unpaired) electrons. The molecule has 11 heteroatoms. The smallest absolute Gasteiger partial charge is 0.462 e. The molecule has 0 saturated carbocycles. The average Bonchev–Trinajstić information content (AvgIpc) is 3.91. The Kier molecular flexibility index (Phi) is 31.9. The van der Waals surface area contributed by atoms with E-state index in [1.165, 1.54) is 44.9 Å². The Morgan fingerprint density at radius 2 is 1.20 bits per heavy atom. The van der Waals surface area contributed by atoms with Gasteiger partial charge in [0.1, 0.15) is 6.61 Å². The van der Waals surface area contributed by atoms with Crippen LogP contribution in [0, 0.1) is 0 Å². The van der Waals surface area contributed by atoms with E-state index in [1.54, 1.807) is 0 Å². The predicted octanol–water partition coefficient (Wildman–Crippen LogP) is 10.5. The van der Waals surface area contributed by atoms with Crippen molar-refractivity contribution >= 4 is 19.8 Å². The number of phosphoric acid groups is 1. The lowest BCUT2D eigenvalue weighted by Gasteiger charge is -2.19. The molecule has 3 N–H and O–H groups in total. The Balaban J connectivity index is 2.28. The third kappa shape index (κ3) is 31.7. The second kappa shape index (κ2) is 34.9. The molecule has 1 fully saturated rings. The zero-order valence-corrected chi connectivity index (χ0v) is 34.3. The standard InChI is InChI=1S/C43H72NO9P/c1-3-5-7-8-9-10-11-12-13-14-15-19-22-25-29-33-42(45)49-37-39(38-51-54(47,48)50-36-35-44)52-43(46)34-30-26-23-20-17-16-18-21-24-28-32-41-40(53-41)31-27-6-4-2/h9-10,12-13,15-16,18-20,23-24,28,39-41H,3-8,11,14,17,21-22,25-27,29-38,44H2,1-2H3,(H,47,48)/b10-9-,13-12-,18-16-,19-15-,23-20-,28-24-/t39-,40?,41?/m1/s1. The van der Waals surface area contributed by atoms with Crippen molar-refractivity contribution in [3.8, 4) is 0 Å². The van der Waals surface area contributed by atoms with E-state index >= 15 is 0 Å². The predicted molar refractivity (Wildman–Crippen MR) is 219 cm³/mol. The largest absolute Gasteiger partial charge is 0.472 e. The average molecular weight is 778 g/mol. The van der Waals surface area contributed by atoms with Gasteiger partial charge < -0.3 is 24.8 Å². The molecule has 4 atom stereocenters. The van der Waals surface area contributed by atoms with Gasteiger partial charge in [-0.2, -0.15) is 0 Å². The van der Waals surface area contributed by atoms with Crippen molar-refractivity contribution in [1.82, 2.24) is 0 Å². The van der Waals surface area contributed by atoms with Crippen LogP contribution in [0.4, 0.5) is 0 Å². The molecule has 3 unspecified atom stereocenters. The quantitative estimate of drug-likeness (QED) is 0.0207. The third-order valence-electron chi connectivity index (χ3n) is 8.49. The molecule has 0 aliphatic carbocycles. The summed E-state index contributed by atoms with van der Waals surface area (Å²) >= 11 is 0. The number of esters is 2. The van der Waals surface area contributed by atoms with Crippen LogP contribution in [0.25, 0.3) is 0 Å². The highest BCUT2D eigenvalue weighted by atomic mass is 31.2. The molecule has 0 bridgehead atoms. The highest BCUT2D eigenvalue weighted by Gasteiger charge is 2.36. The summed E-state index contributed by atoms with van der Waals surface area (Å²) in [6.07, 6.45) is 44.0. The summed E-state index contributed by atoms with van der Waals surface area (Å²) in [5.74, 6) is -0.952. The van der Waals surface area contributed by atoms with Crippen molar-refractivity contribution in [2.75, 3.05) is 26.4 Å². The lowest BCUT2D eigenvalue weighted by molar-refractivity contribution is -0.161. The summed E-state index contributed by atoms with van der Waals surface area (Å²) in [5.41, 5.74) is 5.33. The summed E-state index contributed by atoms with van der Waals surface area (Å²) in [5, 5.41) is 0. The number of hydrogen-bond donors (Lipinski definition) is 2. The molecule has 54 heavy (non-hydrogen) atoms. The maximum atomic E-state index is 12.5. The first-order valence-corrected chi connectivity index (χ1v) is 22.0. The molecule has 0 spiro atoms. The van der Waals surface area contributed by atoms with Gasteiger partial charge in [-0.25, -0.2) is 4.57 Å². The van der Waals surface area contributed by atoms with E-state index in [2.05, 4.69) is 80.7 Å². The zero-order valence-electron chi connectivity index (χ0n) is 33.4. The molecule has 308 valence electrons. The molecule has 0 aromatic carbocycles. The molecule has 1 aliphatic heterocycles. The zero-order chi connectivity index (χ0) is 39.4. The number of unbranched alkanes of at least 4 members (excludes halogenated alkanes) is 8. The molecule has 0 aromatic rings. The Morgan fingerprint density at radius 1 is 0.667 bits per heavy atom. The summed E-state index contributed by atoms with van der Waals surface area (Å²) in [7, 11) is -4.41. The number of allylic oxidation sites excluding steroid dienone is 11. The molecule has 0 aromatic heterocycles. The van der Waals surface area contributed by atoms with Crippen LogP contribution in [0.2, 0.25) is 0 Å². The second-order valence-corrected chi connectivity index (χ2v) is 15.0. The van der Waals surface area contributed by atoms with Crippen molar-refractivity contribution < 1.29 is 42.3 Å². The number of hydrogen-bond acceptors (Lipinski definition) is 9. The number of nitrogens with two attached hydrogens (primary N) is 1. The molecule has 1 heterocycles. The first-order valence-electron chi connectivity index (χ1n) is 20.5. The van der Waals surface area contributed by atoms with Gasteiger partial charge in [0.2, 0.25) is 0 Å². The number of carbonyl (C=O) groups excluding carboxylic acids is 2. The maximum absolute atomic E-state index is 12.5. The molecular weight excluding hydrogens is 705 g/mol. The van der Waals surface area contributed by atoms with Crippen molar-refractivity contribution in [3.05, 3.63) is 72.9 Å². The lowest BCUT2D eigenvalue weighted by atomic mass is 10.1. The van der Waals surface area contributed by atoms with E-state index in [4.69, 9.17) is 29.0 Å². The van der Waals surface area contributed by atoms with Crippen molar-refractivity contribution in [2.45, 2.75) is 161 Å². The van der Waals surface area contributed by atoms with Crippen LogP contribution in [-0.4, -0.2) is 61.5 Å². The van der Waals surface area contributed by atoms with E-state index in [1.807, 2.05) is 6.08 Å². The summed E-state index contributed by atoms with van der Waals surface area (Å²) in [4.78, 5) is 34.8. The van der Waals surface area contributed by atoms with Crippen LogP contribution in [0.5, 0.6) is 0 Å². The number of carbonyl (C=O) groups is 2. The van der Waals surface area contributed by atoms with Gasteiger partial charge in [-0.1, -0.05) is 119 Å². The monoisotopic (exact) mass is 777 g/mol. The number of phosphoric ester groups is 1. The van der Waals surface area contributed by atoms with E-state index in [0.717, 1.165) is 51.4 Å². The minimum atomic E-state index is -4.41. The number of rotatable bonds is 36. The van der Waals surface area contributed by atoms with Crippen molar-refractivity contribution in [1.29, 1.82) is 0 Å². The lowest BCUT2D eigenvalue weighted by Crippen LogP contribution is -2.29. The van der Waals surface area contributed by atoms with E-state index < -0.39 is 32.5 Å². The molecule has 1 saturated heterocycles. The first kappa shape index (κ1) is 49.4. The SMILES string of the molecule is CCCCC/C=C\C/C=C\C/C=C\CCCCC(=O)OC[C@H](COP(=O)(O)OCCN)OC(=O)CCC/C=C\C/C=C\C/C=C\CC1OC1CCCCC. The van der Waals surface area contributed by atoms with Gasteiger partial charge in [0.15, 0.2) is 6.10 Å². The Hall–Kier alpha value is -2.59. The molecule has 10 nitrogen and oxygen atoms in total. The topological polar surface area (TPSA) is 147 Å². The van der Waals surface area contributed by atoms with E-state index in [0.29, 0.717) is 31.5 Å². The minimum Gasteiger partial charge on any atom is -0.462 e. The van der Waals surface area contributed by atoms with Gasteiger partial charge in [0.05, 0.1) is 25.4 Å². The highest BCUT2D eigenvalue weighted by molar-refractivity contribution is 7.47. The normalized spacial score (nSPS) is 17.9. The molecule has 1 rings (SSSR count). The molecule has 1 aliphatic rings. The van der Waals surface area contributed by atoms with E-state index in [9.17, 15) is 19.0 Å². The molecular formula is C43H72NO9P. The fraction of sp³-hybridized carbons (Fsp3) is 0.674. The fourth-order valence-electron chi connectivity index (χ4n) is 5.31. The van der Waals surface area contributed by atoms with Crippen LogP contribution < -0.4 is 5.73 Å². The van der Waals surface area contributed by atoms with Crippen molar-refractivity contribution in [3.63, 3.8) is 0 Å². The second-order valence-electron chi connectivity index (χ2n) is 13.5. The molecule has 0 amide bonds. The van der Waals surface area contributed by atoms with Gasteiger partial charge in [-0.3, -0.25) is 18.6 Å². The van der Waals surface area contributed by atoms with Gasteiger partial charge in [0.25, 0.3) is 0 Å². The van der Waals surface area contributed by atoms with Gasteiger partial charge >= 0.3 is 19.8 Å². The van der Waals surface area contributed by atoms with Crippen LogP contribution in [-0.2, 0) is 37.4 Å². The summed E-state index contributed by atoms with van der Waals surface area (Å²) < 4.78 is 38.3. The summed E-state index contributed by atoms with van der Waals surface area (Å²) in [6, 6.07) is 0. The summed E-state index contributed by atoms with van der Waals surface area (Å²) in [6.45, 7) is 3.53. The van der Waals surface area contributed by atoms with Crippen LogP contribution >= 0.6 is 7.82 Å². The Morgan fingerprint density at radius 3 is 1.81 bits per heavy atom. The highest BCUT2D eigenvalue weighted by Crippen LogP contribution is 2.43. The first-order chi connectivity index (χ1) is 26.3. The van der Waals surface area contributed by atoms with E-state index in [-0.39, 0.29) is 32.6 Å². The van der Waals surface area contributed by atoms with Crippen molar-refractivity contribution in [2.24, 2.45) is 5.73 Å². The number of epoxide rings is 1. The van der Waals surface area contributed by atoms with Gasteiger partial charge in [0, 0.05) is 19.4 Å². The van der Waals surface area contributed by atoms with Gasteiger partial charge in [-0.05, 0) is 83.5 Å². The maximum Gasteiger partial charge on any atom is 0.472 e. The van der Waals surface area contributed by atoms with Crippen LogP contribution in [0.1, 0.15) is 142 Å².